The zero-order valence-electron chi connectivity index (χ0n) is 20.6. The van der Waals surface area contributed by atoms with Gasteiger partial charge < -0.3 is 4.74 Å². The largest absolute Gasteiger partial charge is 0.494 e. The fourth-order valence-electron chi connectivity index (χ4n) is 5.74. The molecule has 0 saturated carbocycles. The number of nitrogens with zero attached hydrogens (tertiary/aromatic N) is 1. The highest BCUT2D eigenvalue weighted by molar-refractivity contribution is 6.08. The summed E-state index contributed by atoms with van der Waals surface area (Å²) in [6.45, 7) is 6.55. The summed E-state index contributed by atoms with van der Waals surface area (Å²) >= 11 is 0. The number of carbonyl (C=O) groups is 2. The van der Waals surface area contributed by atoms with E-state index >= 15 is 0 Å². The smallest absolute Gasteiger partial charge is 0.232 e. The van der Waals surface area contributed by atoms with Crippen molar-refractivity contribution in [1.29, 1.82) is 0 Å². The highest BCUT2D eigenvalue weighted by Crippen LogP contribution is 2.49. The molecule has 2 unspecified atom stereocenters. The van der Waals surface area contributed by atoms with Crippen molar-refractivity contribution in [2.24, 2.45) is 0 Å². The van der Waals surface area contributed by atoms with Gasteiger partial charge in [0.05, 0.1) is 12.3 Å². The molecular weight excluding hydrogens is 434 g/mol. The number of carbonyl (C=O) groups excluding carboxylic acids is 2. The first-order valence-electron chi connectivity index (χ1n) is 12.4. The van der Waals surface area contributed by atoms with Crippen LogP contribution in [0.15, 0.2) is 84.1 Å². The Labute approximate surface area is 207 Å². The summed E-state index contributed by atoms with van der Waals surface area (Å²) in [5.41, 5.74) is 6.65. The van der Waals surface area contributed by atoms with Crippen molar-refractivity contribution in [2.45, 2.75) is 51.9 Å². The Balaban J connectivity index is 1.70. The van der Waals surface area contributed by atoms with Gasteiger partial charge >= 0.3 is 0 Å². The summed E-state index contributed by atoms with van der Waals surface area (Å²) in [6, 6.07) is 24.1. The van der Waals surface area contributed by atoms with Gasteiger partial charge in [0.1, 0.15) is 5.75 Å². The zero-order valence-corrected chi connectivity index (χ0v) is 20.6. The second kappa shape index (κ2) is 9.53. The molecule has 2 aliphatic rings. The van der Waals surface area contributed by atoms with Crippen molar-refractivity contribution in [3.8, 4) is 5.75 Å². The number of ether oxygens (including phenoxy) is 1. The van der Waals surface area contributed by atoms with Gasteiger partial charge in [0.15, 0.2) is 5.78 Å². The molecule has 0 aromatic heterocycles. The highest BCUT2D eigenvalue weighted by atomic mass is 16.5. The molecule has 0 saturated heterocycles. The number of ketones is 1. The van der Waals surface area contributed by atoms with Gasteiger partial charge in [-0.15, -0.1) is 0 Å². The number of amides is 1. The molecule has 35 heavy (non-hydrogen) atoms. The summed E-state index contributed by atoms with van der Waals surface area (Å²) < 4.78 is 5.92. The molecule has 3 aromatic carbocycles. The van der Waals surface area contributed by atoms with Gasteiger partial charge in [-0.25, -0.2) is 0 Å². The Morgan fingerprint density at radius 3 is 2.23 bits per heavy atom. The molecule has 2 atom stereocenters. The summed E-state index contributed by atoms with van der Waals surface area (Å²) in [4.78, 5) is 29.6. The van der Waals surface area contributed by atoms with Crippen molar-refractivity contribution >= 4 is 17.4 Å². The molecule has 0 radical (unpaired) electrons. The molecule has 178 valence electrons. The number of aryl methyl sites for hydroxylation is 2. The van der Waals surface area contributed by atoms with Crippen LogP contribution in [-0.4, -0.2) is 18.3 Å². The van der Waals surface area contributed by atoms with Gasteiger partial charge in [0.25, 0.3) is 0 Å². The number of para-hydroxylation sites is 2. The topological polar surface area (TPSA) is 46.6 Å². The number of allylic oxidation sites excluding steroid dienone is 2. The predicted molar refractivity (Wildman–Crippen MR) is 139 cm³/mol. The quantitative estimate of drug-likeness (QED) is 0.425. The molecule has 1 heterocycles. The average molecular weight is 466 g/mol. The lowest BCUT2D eigenvalue weighted by Crippen LogP contribution is -2.42. The minimum absolute atomic E-state index is 0.0268. The SMILES string of the molecule is CCOc1ccccc1C1CC(=O)N(c2c(C)cccc2C)C2=C1C(=O)CC(c1ccccc1)C2. The molecule has 1 amide bonds. The molecule has 0 bridgehead atoms. The molecule has 4 heteroatoms. The molecule has 1 aliphatic carbocycles. The Hall–Kier alpha value is -3.66. The number of hydrogen-bond acceptors (Lipinski definition) is 3. The van der Waals surface area contributed by atoms with Crippen LogP contribution >= 0.6 is 0 Å². The van der Waals surface area contributed by atoms with E-state index in [0.29, 0.717) is 19.4 Å². The molecule has 4 nitrogen and oxygen atoms in total. The number of hydrogen-bond donors (Lipinski definition) is 0. The van der Waals surface area contributed by atoms with E-state index in [1.165, 1.54) is 0 Å². The standard InChI is InChI=1S/C31H31NO3/c1-4-35-28-16-9-8-15-24(28)25-19-29(34)32(31-20(2)11-10-12-21(31)3)26-17-23(18-27(33)30(25)26)22-13-6-5-7-14-22/h5-16,23,25H,4,17-19H2,1-3H3. The van der Waals surface area contributed by atoms with E-state index in [1.54, 1.807) is 0 Å². The van der Waals surface area contributed by atoms with E-state index in [9.17, 15) is 9.59 Å². The van der Waals surface area contributed by atoms with Crippen molar-refractivity contribution in [1.82, 2.24) is 0 Å². The zero-order chi connectivity index (χ0) is 24.5. The predicted octanol–water partition coefficient (Wildman–Crippen LogP) is 6.62. The molecule has 5 rings (SSSR count). The van der Waals surface area contributed by atoms with E-state index in [1.807, 2.05) is 86.3 Å². The summed E-state index contributed by atoms with van der Waals surface area (Å²) in [7, 11) is 0. The van der Waals surface area contributed by atoms with Gasteiger partial charge in [-0.3, -0.25) is 14.5 Å². The van der Waals surface area contributed by atoms with Crippen LogP contribution in [0.3, 0.4) is 0 Å². The third-order valence-corrected chi connectivity index (χ3v) is 7.26. The third-order valence-electron chi connectivity index (χ3n) is 7.26. The van der Waals surface area contributed by atoms with Crippen molar-refractivity contribution in [2.75, 3.05) is 11.5 Å². The fourth-order valence-corrected chi connectivity index (χ4v) is 5.74. The Bertz CT molecular complexity index is 1290. The maximum Gasteiger partial charge on any atom is 0.232 e. The second-order valence-corrected chi connectivity index (χ2v) is 9.50. The van der Waals surface area contributed by atoms with Crippen LogP contribution in [0.1, 0.15) is 60.3 Å². The van der Waals surface area contributed by atoms with E-state index in [2.05, 4.69) is 12.1 Å². The fraction of sp³-hybridized carbons (Fsp3) is 0.290. The van der Waals surface area contributed by atoms with Crippen molar-refractivity contribution in [3.63, 3.8) is 0 Å². The lowest BCUT2D eigenvalue weighted by Gasteiger charge is -2.41. The molecule has 0 spiro atoms. The lowest BCUT2D eigenvalue weighted by atomic mass is 9.72. The van der Waals surface area contributed by atoms with Gasteiger partial charge in [-0.2, -0.15) is 0 Å². The van der Waals surface area contributed by atoms with Crippen molar-refractivity contribution in [3.05, 3.63) is 106 Å². The molecule has 0 N–H and O–H groups in total. The van der Waals surface area contributed by atoms with Gasteiger partial charge in [0.2, 0.25) is 5.91 Å². The van der Waals surface area contributed by atoms with Crippen LogP contribution in [0, 0.1) is 13.8 Å². The Morgan fingerprint density at radius 1 is 0.829 bits per heavy atom. The molecule has 3 aromatic rings. The summed E-state index contributed by atoms with van der Waals surface area (Å²) in [5, 5.41) is 0. The number of rotatable bonds is 5. The summed E-state index contributed by atoms with van der Waals surface area (Å²) in [5.74, 6) is 0.644. The molecular formula is C31H31NO3. The first-order valence-corrected chi connectivity index (χ1v) is 12.4. The number of anilines is 1. The van der Waals surface area contributed by atoms with Crippen LogP contribution in [0.25, 0.3) is 0 Å². The Kier molecular flexibility index (Phi) is 6.29. The van der Waals surface area contributed by atoms with Crippen LogP contribution in [-0.2, 0) is 9.59 Å². The molecule has 1 aliphatic heterocycles. The van der Waals surface area contributed by atoms with E-state index < -0.39 is 0 Å². The van der Waals surface area contributed by atoms with Gasteiger partial charge in [0, 0.05) is 35.6 Å². The highest BCUT2D eigenvalue weighted by Gasteiger charge is 2.43. The van der Waals surface area contributed by atoms with E-state index in [-0.39, 0.29) is 29.9 Å². The number of benzene rings is 3. The van der Waals surface area contributed by atoms with E-state index in [4.69, 9.17) is 4.74 Å². The van der Waals surface area contributed by atoms with Crippen LogP contribution < -0.4 is 9.64 Å². The summed E-state index contributed by atoms with van der Waals surface area (Å²) in [6.07, 6.45) is 1.35. The Morgan fingerprint density at radius 2 is 1.51 bits per heavy atom. The van der Waals surface area contributed by atoms with Crippen molar-refractivity contribution < 1.29 is 14.3 Å². The van der Waals surface area contributed by atoms with E-state index in [0.717, 1.165) is 45.0 Å². The maximum atomic E-state index is 13.9. The lowest BCUT2D eigenvalue weighted by molar-refractivity contribution is -0.120. The molecule has 0 fully saturated rings. The minimum Gasteiger partial charge on any atom is -0.494 e. The second-order valence-electron chi connectivity index (χ2n) is 9.50. The van der Waals surface area contributed by atoms with Crippen LogP contribution in [0.4, 0.5) is 5.69 Å². The van der Waals surface area contributed by atoms with Gasteiger partial charge in [-0.05, 0) is 55.9 Å². The maximum absolute atomic E-state index is 13.9. The first-order chi connectivity index (χ1) is 17.0. The third kappa shape index (κ3) is 4.18. The number of Topliss-reactive ketones (excluding diaryl/α,β-unsaturated/α-hetero) is 1. The minimum atomic E-state index is -0.301. The van der Waals surface area contributed by atoms with Crippen LogP contribution in [0.2, 0.25) is 0 Å². The normalized spacial score (nSPS) is 20.1. The van der Waals surface area contributed by atoms with Gasteiger partial charge in [-0.1, -0.05) is 66.7 Å². The monoisotopic (exact) mass is 465 g/mol. The average Bonchev–Trinajstić information content (AvgIpc) is 2.86. The van der Waals surface area contributed by atoms with Crippen LogP contribution in [0.5, 0.6) is 5.75 Å². The first kappa shape index (κ1) is 23.1.